The Morgan fingerprint density at radius 2 is 0.972 bits per heavy atom. The van der Waals surface area contributed by atoms with Crippen LogP contribution in [0.2, 0.25) is 0 Å². The lowest BCUT2D eigenvalue weighted by molar-refractivity contribution is -0.203. The number of benzene rings is 2. The molecule has 0 spiro atoms. The molecule has 0 aromatic heterocycles. The van der Waals surface area contributed by atoms with Gasteiger partial charge in [0.05, 0.1) is 42.7 Å². The number of carboxylic acid groups (broad SMARTS) is 1. The lowest BCUT2D eigenvalue weighted by Gasteiger charge is -2.31. The summed E-state index contributed by atoms with van der Waals surface area (Å²) in [4.78, 5) is 137. The molecule has 0 radical (unpaired) electrons. The van der Waals surface area contributed by atoms with Crippen LogP contribution < -0.4 is 31.1 Å². The van der Waals surface area contributed by atoms with E-state index < -0.39 is 197 Å². The number of carbonyl (C=O) groups is 10. The molecule has 8 fully saturated rings. The summed E-state index contributed by atoms with van der Waals surface area (Å²) >= 11 is 0. The number of halogens is 9. The number of nitrogens with one attached hydrogen (secondary N) is 5. The van der Waals surface area contributed by atoms with Crippen molar-refractivity contribution in [3.8, 4) is 0 Å². The van der Waals surface area contributed by atoms with Crippen LogP contribution in [0.4, 0.5) is 44.7 Å². The zero-order valence-electron chi connectivity index (χ0n) is 58.4. The van der Waals surface area contributed by atoms with E-state index in [1.807, 2.05) is 18.2 Å². The fourth-order valence-electron chi connectivity index (χ4n) is 14.8. The van der Waals surface area contributed by atoms with Gasteiger partial charge < -0.3 is 46.1 Å². The Kier molecular flexibility index (Phi) is 23.1. The predicted octanol–water partition coefficient (Wildman–Crippen LogP) is 6.49. The van der Waals surface area contributed by atoms with Crippen LogP contribution in [0.25, 0.3) is 0 Å². The number of carbonyl (C=O) groups excluding carboxylic acids is 9. The van der Waals surface area contributed by atoms with Crippen molar-refractivity contribution in [2.24, 2.45) is 28.4 Å². The highest BCUT2D eigenvalue weighted by molar-refractivity contribution is 7.91. The quantitative estimate of drug-likeness (QED) is 0.0933. The Morgan fingerprint density at radius 1 is 0.556 bits per heavy atom. The van der Waals surface area contributed by atoms with Gasteiger partial charge in [0.25, 0.3) is 11.8 Å². The Labute approximate surface area is 622 Å². The molecule has 2 aromatic rings. The summed E-state index contributed by atoms with van der Waals surface area (Å²) in [6.45, 7) is -0.257. The van der Waals surface area contributed by atoms with Crippen molar-refractivity contribution in [3.63, 3.8) is 0 Å². The standard InChI is InChI=1S/C35H41F4N5O8S.C30H38FN5O7S.C5H5F3O2.ClH/c36-25-9-6-7-20-17-43(19-24(20)25)32(49)52-22-15-27-28(45)41-34(31(48)42-53(50,51)23-11-12-23)16-21(34)8-4-2-1-3-5-10-26(29(46)44(27)18-22)40-30(47)33(13-14-33)35(37,38)39;31-23-9-6-7-18-15-35(17-22(18)23)29(40)43-20-13-25-26(37)33-30(28(39)34-44(41,42)21-11-12-21)14-19(30)8-4-2-1-3-5-10-24(32)27(38)36(25)16-20;6-5(7,8)4(1-2-4)3(9)10;/h4,6-9,21-23,26-27H,1-3,5,10-19H2,(H,40,47)(H,41,45)(H,42,48);4,6-9,19-21,24-25H,1-3,5,10-17,32H2,(H,33,37)(H,34,39);1-2H2,(H,9,10);1H/b2*8-4-;;/t21-,22-,26+,27+,34-;19-,20-,24+,25+,30-;;/m11../s1. The highest BCUT2D eigenvalue weighted by Crippen LogP contribution is 2.59. The third-order valence-corrected chi connectivity index (χ3v) is 26.0. The van der Waals surface area contributed by atoms with Crippen molar-refractivity contribution in [2.45, 2.75) is 238 Å². The number of amides is 9. The number of alkyl halides is 6. The first-order chi connectivity index (χ1) is 50.4. The third-order valence-electron chi connectivity index (χ3n) is 22.4. The first-order valence-corrected chi connectivity index (χ1v) is 39.1. The molecule has 2 aromatic carbocycles. The SMILES string of the molecule is Cl.N[C@H]1CCCCC/C=C\[C@@H]2C[C@@]2(C(=O)NS(=O)(=O)C2CC2)NC(=O)[C@@H]2C[C@@H](OC(=O)N3Cc4cccc(F)c4C3)CN2C1=O.O=C(O)C1(C(F)(F)F)CC1.O=C1N[C@]2(C(=O)NS(=O)(=O)C3CC3)C[C@H]2/C=C\CCCCC[C@H](NC(=O)C2(C(F)(F)F)CC2)C(=O)N2C[C@H](OC(=O)N3Cc4cccc(F)c4C3)C[C@@H]12. The van der Waals surface area contributed by atoms with Gasteiger partial charge in [0.2, 0.25) is 49.6 Å². The number of rotatable bonds is 11. The molecule has 6 aliphatic carbocycles. The molecular formula is C70H85ClF8N10O17S2. The molecule has 27 nitrogen and oxygen atoms in total. The third kappa shape index (κ3) is 17.1. The van der Waals surface area contributed by atoms with E-state index in [-0.39, 0.29) is 96.6 Å². The van der Waals surface area contributed by atoms with Gasteiger partial charge >= 0.3 is 30.5 Å². The fraction of sp³-hybridized carbons (Fsp3) is 0.629. The first kappa shape index (κ1) is 80.8. The number of nitrogens with zero attached hydrogens (tertiary/aromatic N) is 4. The highest BCUT2D eigenvalue weighted by Gasteiger charge is 2.70. The summed E-state index contributed by atoms with van der Waals surface area (Å²) in [5, 5.41) is 14.6. The first-order valence-electron chi connectivity index (χ1n) is 36.0. The smallest absolute Gasteiger partial charge is 0.410 e. The van der Waals surface area contributed by atoms with Crippen LogP contribution >= 0.6 is 12.4 Å². The van der Waals surface area contributed by atoms with Crippen molar-refractivity contribution < 1.29 is 114 Å². The Hall–Kier alpha value is -8.19. The minimum atomic E-state index is -4.83. The summed E-state index contributed by atoms with van der Waals surface area (Å²) in [6, 6.07) is 4.27. The van der Waals surface area contributed by atoms with Gasteiger partial charge in [0.1, 0.15) is 58.5 Å². The van der Waals surface area contributed by atoms with E-state index in [0.29, 0.717) is 86.5 Å². The maximum atomic E-state index is 14.4. The summed E-state index contributed by atoms with van der Waals surface area (Å²) in [5.41, 5.74) is 0.129. The zero-order valence-corrected chi connectivity index (χ0v) is 60.9. The van der Waals surface area contributed by atoms with Crippen LogP contribution in [0.1, 0.15) is 164 Å². The minimum Gasteiger partial charge on any atom is -0.481 e. The minimum absolute atomic E-state index is 0. The summed E-state index contributed by atoms with van der Waals surface area (Å²) in [5.74, 6) is -9.52. The van der Waals surface area contributed by atoms with Gasteiger partial charge in [-0.05, 0) is 126 Å². The second kappa shape index (κ2) is 30.9. The molecule has 38 heteroatoms. The normalized spacial score (nSPS) is 29.8. The van der Waals surface area contributed by atoms with E-state index in [1.165, 1.54) is 32.9 Å². The lowest BCUT2D eigenvalue weighted by atomic mass is 10.0. The molecule has 12 aliphatic rings. The second-order valence-electron chi connectivity index (χ2n) is 30.1. The van der Waals surface area contributed by atoms with E-state index in [0.717, 1.165) is 24.2 Å². The van der Waals surface area contributed by atoms with Gasteiger partial charge in [-0.25, -0.2) is 35.2 Å². The summed E-state index contributed by atoms with van der Waals surface area (Å²) in [7, 11) is -7.85. The predicted molar refractivity (Wildman–Crippen MR) is 365 cm³/mol. The van der Waals surface area contributed by atoms with E-state index in [1.54, 1.807) is 24.3 Å². The Balaban J connectivity index is 0.000000191. The van der Waals surface area contributed by atoms with Gasteiger partial charge in [-0.1, -0.05) is 74.3 Å². The van der Waals surface area contributed by atoms with Crippen LogP contribution in [0.5, 0.6) is 0 Å². The number of aliphatic carboxylic acids is 1. The Morgan fingerprint density at radius 3 is 1.35 bits per heavy atom. The monoisotopic (exact) mass is 1590 g/mol. The number of hydrogen-bond donors (Lipinski definition) is 7. The molecule has 0 bridgehead atoms. The number of allylic oxidation sites excluding steroid dienone is 2. The maximum Gasteiger partial charge on any atom is 0.410 e. The van der Waals surface area contributed by atoms with Crippen molar-refractivity contribution in [1.82, 2.24) is 45.0 Å². The number of fused-ring (bicyclic) bond motifs is 6. The second-order valence-corrected chi connectivity index (χ2v) is 34.0. The molecular weight excluding hydrogens is 1500 g/mol. The largest absolute Gasteiger partial charge is 0.481 e. The van der Waals surface area contributed by atoms with Crippen LogP contribution in [0.3, 0.4) is 0 Å². The molecule has 6 heterocycles. The van der Waals surface area contributed by atoms with Crippen LogP contribution in [-0.4, -0.2) is 184 Å². The van der Waals surface area contributed by atoms with Crippen molar-refractivity contribution in [3.05, 3.63) is 94.6 Å². The molecule has 9 amide bonds. The number of sulfonamides is 2. The highest BCUT2D eigenvalue weighted by atomic mass is 35.5. The van der Waals surface area contributed by atoms with Crippen molar-refractivity contribution in [2.75, 3.05) is 13.1 Å². The molecule has 108 heavy (non-hydrogen) atoms. The van der Waals surface area contributed by atoms with Gasteiger partial charge in [-0.3, -0.25) is 57.6 Å². The van der Waals surface area contributed by atoms with E-state index >= 15 is 0 Å². The van der Waals surface area contributed by atoms with Gasteiger partial charge in [0, 0.05) is 48.9 Å². The van der Waals surface area contributed by atoms with Crippen LogP contribution in [-0.2, 0) is 94.1 Å². The van der Waals surface area contributed by atoms with Gasteiger partial charge in [-0.2, -0.15) is 26.3 Å². The Bertz CT molecular complexity index is 4220. The molecule has 6 saturated carbocycles. The zero-order chi connectivity index (χ0) is 77.1. The van der Waals surface area contributed by atoms with Crippen LogP contribution in [0, 0.1) is 34.3 Å². The molecule has 14 rings (SSSR count). The number of carboxylic acids is 1. The molecule has 2 saturated heterocycles. The van der Waals surface area contributed by atoms with E-state index in [4.69, 9.17) is 20.3 Å². The van der Waals surface area contributed by atoms with Gasteiger partial charge in [-0.15, -0.1) is 12.4 Å². The number of hydrogen-bond acceptors (Lipinski definition) is 17. The van der Waals surface area contributed by atoms with Crippen molar-refractivity contribution in [1.29, 1.82) is 0 Å². The summed E-state index contributed by atoms with van der Waals surface area (Å²) in [6.07, 6.45) is 0.333. The van der Waals surface area contributed by atoms with E-state index in [2.05, 4.69) is 25.4 Å². The average molecular weight is 1590 g/mol. The number of nitrogens with two attached hydrogens (primary N) is 1. The van der Waals surface area contributed by atoms with E-state index in [9.17, 15) is 99.9 Å². The fourth-order valence-corrected chi connectivity index (χ4v) is 17.6. The topological polar surface area (TPSA) is 377 Å². The van der Waals surface area contributed by atoms with Crippen LogP contribution in [0.15, 0.2) is 60.7 Å². The molecule has 0 unspecified atom stereocenters. The molecule has 6 aliphatic heterocycles. The lowest BCUT2D eigenvalue weighted by Crippen LogP contribution is -2.59. The summed E-state index contributed by atoms with van der Waals surface area (Å²) < 4.78 is 172. The molecule has 8 N–H and O–H groups in total. The molecule has 10 atom stereocenters. The average Bonchev–Trinajstić information content (AvgIpc) is 1.55. The maximum absolute atomic E-state index is 14.4. The number of ether oxygens (including phenoxy) is 2. The van der Waals surface area contributed by atoms with Crippen molar-refractivity contribution >= 4 is 92.0 Å². The molecule has 592 valence electrons. The van der Waals surface area contributed by atoms with Gasteiger partial charge in [0.15, 0.2) is 5.41 Å².